The smallest absolute Gasteiger partial charge is 0.334 e. The van der Waals surface area contributed by atoms with Gasteiger partial charge in [-0.3, -0.25) is 4.79 Å². The zero-order valence-corrected chi connectivity index (χ0v) is 16.6. The van der Waals surface area contributed by atoms with Gasteiger partial charge >= 0.3 is 5.97 Å². The summed E-state index contributed by atoms with van der Waals surface area (Å²) < 4.78 is 5.34. The van der Waals surface area contributed by atoms with Crippen molar-refractivity contribution in [2.45, 2.75) is 71.3 Å². The van der Waals surface area contributed by atoms with Gasteiger partial charge in [0.25, 0.3) is 0 Å². The van der Waals surface area contributed by atoms with E-state index < -0.39 is 5.41 Å². The maximum absolute atomic E-state index is 12.7. The Labute approximate surface area is 162 Å². The minimum atomic E-state index is -0.419. The van der Waals surface area contributed by atoms with Crippen molar-refractivity contribution >= 4 is 11.8 Å². The van der Waals surface area contributed by atoms with Gasteiger partial charge in [0.05, 0.1) is 12.7 Å². The summed E-state index contributed by atoms with van der Waals surface area (Å²) >= 11 is 0. The van der Waals surface area contributed by atoms with E-state index in [1.165, 1.54) is 0 Å². The Morgan fingerprint density at radius 3 is 2.74 bits per heavy atom. The fraction of sp³-hybridized carbons (Fsp3) is 0.739. The van der Waals surface area contributed by atoms with Gasteiger partial charge in [0.2, 0.25) is 0 Å². The highest BCUT2D eigenvalue weighted by Gasteiger charge is 2.61. The monoisotopic (exact) mass is 372 g/mol. The molecule has 1 N–H and O–H groups in total. The molecule has 4 aliphatic rings. The molecule has 0 spiro atoms. The van der Waals surface area contributed by atoms with Gasteiger partial charge in [-0.2, -0.15) is 0 Å². The lowest BCUT2D eigenvalue weighted by Crippen LogP contribution is -2.53. The van der Waals surface area contributed by atoms with Crippen molar-refractivity contribution in [3.8, 4) is 0 Å². The van der Waals surface area contributed by atoms with Crippen molar-refractivity contribution in [3.63, 3.8) is 0 Å². The lowest BCUT2D eigenvalue weighted by Gasteiger charge is -2.58. The zero-order valence-electron chi connectivity index (χ0n) is 16.6. The van der Waals surface area contributed by atoms with Crippen LogP contribution in [0.5, 0.6) is 0 Å². The van der Waals surface area contributed by atoms with E-state index in [0.29, 0.717) is 42.8 Å². The maximum atomic E-state index is 12.7. The first-order valence-electron chi connectivity index (χ1n) is 10.6. The van der Waals surface area contributed by atoms with Crippen LogP contribution in [0.3, 0.4) is 0 Å². The van der Waals surface area contributed by atoms with Crippen LogP contribution in [-0.2, 0) is 14.3 Å². The molecule has 4 heteroatoms. The van der Waals surface area contributed by atoms with E-state index in [2.05, 4.69) is 13.5 Å². The van der Waals surface area contributed by atoms with Gasteiger partial charge in [0.15, 0.2) is 5.78 Å². The number of rotatable bonds is 3. The standard InChI is InChI=1S/C23H32O4/c1-4-27-21(26)14(2)23-12-9-16(24)13-15(23)5-6-17-18-7-8-20(25)22(18,3)11-10-19(17)23/h13,17-20,25H,2,4-12H2,1,3H3/t17-,18-,19-,20?,22-,23+/m0/s1. The largest absolute Gasteiger partial charge is 0.463 e. The van der Waals surface area contributed by atoms with E-state index >= 15 is 0 Å². The minimum Gasteiger partial charge on any atom is -0.463 e. The zero-order chi connectivity index (χ0) is 19.4. The van der Waals surface area contributed by atoms with Crippen LogP contribution in [0.25, 0.3) is 0 Å². The molecule has 4 rings (SSSR count). The maximum Gasteiger partial charge on any atom is 0.334 e. The van der Waals surface area contributed by atoms with Crippen LogP contribution in [-0.4, -0.2) is 29.6 Å². The van der Waals surface area contributed by atoms with Crippen molar-refractivity contribution in [2.24, 2.45) is 28.6 Å². The predicted molar refractivity (Wildman–Crippen MR) is 103 cm³/mol. The van der Waals surface area contributed by atoms with Crippen molar-refractivity contribution < 1.29 is 19.4 Å². The van der Waals surface area contributed by atoms with Crippen LogP contribution < -0.4 is 0 Å². The first-order chi connectivity index (χ1) is 12.8. The Balaban J connectivity index is 1.76. The number of aliphatic hydroxyl groups is 1. The highest BCUT2D eigenvalue weighted by Crippen LogP contribution is 2.67. The van der Waals surface area contributed by atoms with Gasteiger partial charge in [-0.05, 0) is 81.1 Å². The number of allylic oxidation sites excluding steroid dienone is 1. The van der Waals surface area contributed by atoms with Gasteiger partial charge in [-0.25, -0.2) is 4.79 Å². The van der Waals surface area contributed by atoms with Crippen molar-refractivity contribution in [2.75, 3.05) is 6.61 Å². The quantitative estimate of drug-likeness (QED) is 0.601. The first kappa shape index (κ1) is 18.9. The first-order valence-corrected chi connectivity index (χ1v) is 10.6. The van der Waals surface area contributed by atoms with E-state index in [1.54, 1.807) is 6.08 Å². The molecule has 3 saturated carbocycles. The Morgan fingerprint density at radius 2 is 2.00 bits per heavy atom. The number of ketones is 1. The molecule has 4 nitrogen and oxygen atoms in total. The predicted octanol–water partition coefficient (Wildman–Crippen LogP) is 3.98. The molecule has 0 heterocycles. The summed E-state index contributed by atoms with van der Waals surface area (Å²) in [5.41, 5.74) is 1.25. The lowest BCUT2D eigenvalue weighted by molar-refractivity contribution is -0.142. The molecule has 0 amide bonds. The molecule has 6 atom stereocenters. The summed E-state index contributed by atoms with van der Waals surface area (Å²) in [5, 5.41) is 10.6. The molecule has 0 saturated heterocycles. The molecule has 0 radical (unpaired) electrons. The summed E-state index contributed by atoms with van der Waals surface area (Å²) in [5.74, 6) is 1.17. The molecule has 0 aromatic rings. The Hall–Kier alpha value is -1.42. The topological polar surface area (TPSA) is 63.6 Å². The molecule has 1 unspecified atom stereocenters. The third kappa shape index (κ3) is 2.59. The summed E-state index contributed by atoms with van der Waals surface area (Å²) in [6, 6.07) is 0. The van der Waals surface area contributed by atoms with Crippen LogP contribution in [0.15, 0.2) is 23.8 Å². The minimum absolute atomic E-state index is 0.000673. The second-order valence-corrected chi connectivity index (χ2v) is 9.36. The molecule has 4 aliphatic carbocycles. The van der Waals surface area contributed by atoms with Gasteiger partial charge < -0.3 is 9.84 Å². The molecule has 0 aromatic heterocycles. The number of hydrogen-bond acceptors (Lipinski definition) is 4. The summed E-state index contributed by atoms with van der Waals surface area (Å²) in [6.07, 6.45) is 8.59. The molecular formula is C23H32O4. The normalized spacial score (nSPS) is 43.2. The van der Waals surface area contributed by atoms with Crippen molar-refractivity contribution in [1.29, 1.82) is 0 Å². The van der Waals surface area contributed by atoms with E-state index in [-0.39, 0.29) is 23.3 Å². The Kier molecular flexibility index (Phi) is 4.61. The second-order valence-electron chi connectivity index (χ2n) is 9.36. The molecule has 3 fully saturated rings. The van der Waals surface area contributed by atoms with Gasteiger partial charge in [0.1, 0.15) is 0 Å². The Bertz CT molecular complexity index is 707. The van der Waals surface area contributed by atoms with Crippen LogP contribution in [0, 0.1) is 28.6 Å². The third-order valence-electron chi connectivity index (χ3n) is 8.50. The van der Waals surface area contributed by atoms with Crippen LogP contribution in [0.2, 0.25) is 0 Å². The van der Waals surface area contributed by atoms with Gasteiger partial charge in [-0.15, -0.1) is 0 Å². The highest BCUT2D eigenvalue weighted by atomic mass is 16.5. The molecule has 0 bridgehead atoms. The summed E-state index contributed by atoms with van der Waals surface area (Å²) in [6.45, 7) is 8.65. The van der Waals surface area contributed by atoms with Crippen LogP contribution in [0.4, 0.5) is 0 Å². The fourth-order valence-electron chi connectivity index (χ4n) is 7.16. The van der Waals surface area contributed by atoms with Crippen LogP contribution in [0.1, 0.15) is 65.2 Å². The fourth-order valence-corrected chi connectivity index (χ4v) is 7.16. The molecule has 0 aliphatic heterocycles. The summed E-state index contributed by atoms with van der Waals surface area (Å²) in [7, 11) is 0. The Morgan fingerprint density at radius 1 is 1.22 bits per heavy atom. The number of ether oxygens (including phenoxy) is 1. The van der Waals surface area contributed by atoms with Gasteiger partial charge in [0, 0.05) is 17.4 Å². The highest BCUT2D eigenvalue weighted by molar-refractivity contribution is 5.95. The average Bonchev–Trinajstić information content (AvgIpc) is 2.96. The van der Waals surface area contributed by atoms with E-state index in [1.807, 2.05) is 6.92 Å². The molecule has 148 valence electrons. The van der Waals surface area contributed by atoms with Gasteiger partial charge in [-0.1, -0.05) is 19.1 Å². The van der Waals surface area contributed by atoms with Crippen molar-refractivity contribution in [1.82, 2.24) is 0 Å². The van der Waals surface area contributed by atoms with E-state index in [4.69, 9.17) is 4.74 Å². The number of carbonyl (C=O) groups excluding carboxylic acids is 2. The number of fused-ring (bicyclic) bond motifs is 5. The average molecular weight is 373 g/mol. The molecule has 0 aromatic carbocycles. The molecular weight excluding hydrogens is 340 g/mol. The number of carbonyl (C=O) groups is 2. The third-order valence-corrected chi connectivity index (χ3v) is 8.50. The SMILES string of the molecule is C=C(C(=O)OCC)[C@]12CCC(=O)C=C1CC[C@@H]1[C@@H]2CC[C@]2(C)C(O)CC[C@@H]12. The second kappa shape index (κ2) is 6.58. The summed E-state index contributed by atoms with van der Waals surface area (Å²) in [4.78, 5) is 24.9. The van der Waals surface area contributed by atoms with E-state index in [0.717, 1.165) is 44.1 Å². The van der Waals surface area contributed by atoms with Crippen LogP contribution >= 0.6 is 0 Å². The number of esters is 1. The number of aliphatic hydroxyl groups excluding tert-OH is 1. The molecule has 27 heavy (non-hydrogen) atoms. The van der Waals surface area contributed by atoms with Crippen molar-refractivity contribution in [3.05, 3.63) is 23.8 Å². The lowest BCUT2D eigenvalue weighted by atomic mass is 9.45. The van der Waals surface area contributed by atoms with E-state index in [9.17, 15) is 14.7 Å². The number of hydrogen-bond donors (Lipinski definition) is 1.